The highest BCUT2D eigenvalue weighted by molar-refractivity contribution is 6.24. The molecule has 68 heavy (non-hydrogen) atoms. The van der Waals surface area contributed by atoms with Crippen LogP contribution >= 0.6 is 0 Å². The van der Waals surface area contributed by atoms with E-state index in [2.05, 4.69) is 264 Å². The van der Waals surface area contributed by atoms with Crippen molar-refractivity contribution >= 4 is 66.5 Å². The van der Waals surface area contributed by atoms with Gasteiger partial charge >= 0.3 is 0 Å². The number of benzene rings is 11. The average molecular weight is 867 g/mol. The summed E-state index contributed by atoms with van der Waals surface area (Å²) in [5, 5.41) is 7.44. The van der Waals surface area contributed by atoms with Gasteiger partial charge in [-0.25, -0.2) is 0 Å². The minimum atomic E-state index is 1.09. The van der Waals surface area contributed by atoms with Gasteiger partial charge in [0.05, 0.1) is 11.0 Å². The van der Waals surface area contributed by atoms with Gasteiger partial charge in [-0.2, -0.15) is 0 Å². The lowest BCUT2D eigenvalue weighted by Crippen LogP contribution is -2.10. The molecule has 1 heterocycles. The molecule has 1 aliphatic carbocycles. The number of hydrogen-bond donors (Lipinski definition) is 0. The third-order valence-corrected chi connectivity index (χ3v) is 14.0. The zero-order valence-corrected chi connectivity index (χ0v) is 37.6. The summed E-state index contributed by atoms with van der Waals surface area (Å²) in [6, 6.07) is 89.2. The maximum absolute atomic E-state index is 2.45. The van der Waals surface area contributed by atoms with Gasteiger partial charge in [-0.1, -0.05) is 194 Å². The molecule has 1 aromatic heterocycles. The Bertz CT molecular complexity index is 3870. The van der Waals surface area contributed by atoms with Crippen molar-refractivity contribution in [2.75, 3.05) is 4.90 Å². The molecule has 2 nitrogen and oxygen atoms in total. The van der Waals surface area contributed by atoms with E-state index in [1.54, 1.807) is 0 Å². The van der Waals surface area contributed by atoms with Gasteiger partial charge < -0.3 is 9.47 Å². The van der Waals surface area contributed by atoms with Crippen molar-refractivity contribution in [3.8, 4) is 50.2 Å². The summed E-state index contributed by atoms with van der Waals surface area (Å²) >= 11 is 0. The molecule has 0 N–H and O–H groups in total. The summed E-state index contributed by atoms with van der Waals surface area (Å²) in [5.41, 5.74) is 19.4. The molecular weight excluding hydrogens is 821 g/mol. The number of aryl methyl sites for hydroxylation is 1. The molecule has 13 rings (SSSR count). The van der Waals surface area contributed by atoms with E-state index >= 15 is 0 Å². The van der Waals surface area contributed by atoms with E-state index < -0.39 is 0 Å². The van der Waals surface area contributed by atoms with Gasteiger partial charge in [0.2, 0.25) is 0 Å². The Labute approximate surface area is 397 Å². The van der Waals surface area contributed by atoms with Gasteiger partial charge in [-0.05, 0) is 145 Å². The minimum Gasteiger partial charge on any atom is -0.310 e. The lowest BCUT2D eigenvalue weighted by molar-refractivity contribution is 0.986. The first kappa shape index (κ1) is 39.6. The molecule has 0 spiro atoms. The molecule has 0 unspecified atom stereocenters. The lowest BCUT2D eigenvalue weighted by atomic mass is 9.89. The minimum absolute atomic E-state index is 1.09. The Kier molecular flexibility index (Phi) is 9.68. The van der Waals surface area contributed by atoms with Crippen molar-refractivity contribution in [2.45, 2.75) is 12.8 Å². The second kappa shape index (κ2) is 16.6. The second-order valence-electron chi connectivity index (χ2n) is 18.0. The third-order valence-electron chi connectivity index (χ3n) is 14.0. The van der Waals surface area contributed by atoms with Crippen LogP contribution in [0.4, 0.5) is 17.1 Å². The quantitative estimate of drug-likeness (QED) is 0.148. The van der Waals surface area contributed by atoms with Crippen molar-refractivity contribution in [1.29, 1.82) is 0 Å². The second-order valence-corrected chi connectivity index (χ2v) is 18.0. The predicted octanol–water partition coefficient (Wildman–Crippen LogP) is 18.2. The van der Waals surface area contributed by atoms with Crippen LogP contribution in [0.2, 0.25) is 0 Å². The molecule has 2 heteroatoms. The maximum atomic E-state index is 2.45. The number of rotatable bonds is 8. The highest BCUT2D eigenvalue weighted by Crippen LogP contribution is 2.45. The van der Waals surface area contributed by atoms with Gasteiger partial charge in [0.1, 0.15) is 0 Å². The molecule has 0 atom stereocenters. The molecule has 1 aliphatic rings. The normalized spacial score (nSPS) is 12.2. The molecule has 0 saturated carbocycles. The fourth-order valence-corrected chi connectivity index (χ4v) is 10.8. The van der Waals surface area contributed by atoms with E-state index in [0.717, 1.165) is 35.6 Å². The molecule has 0 amide bonds. The van der Waals surface area contributed by atoms with E-state index in [4.69, 9.17) is 0 Å². The number of hydrogen-bond acceptors (Lipinski definition) is 1. The molecule has 12 aromatic rings. The Morgan fingerprint density at radius 1 is 0.368 bits per heavy atom. The number of fused-ring (bicyclic) bond motifs is 7. The zero-order valence-electron chi connectivity index (χ0n) is 37.6. The Morgan fingerprint density at radius 2 is 0.956 bits per heavy atom. The molecule has 0 fully saturated rings. The number of para-hydroxylation sites is 2. The van der Waals surface area contributed by atoms with Gasteiger partial charge in [-0.15, -0.1) is 0 Å². The van der Waals surface area contributed by atoms with Crippen LogP contribution < -0.4 is 4.90 Å². The van der Waals surface area contributed by atoms with Crippen LogP contribution in [0.15, 0.2) is 249 Å². The summed E-state index contributed by atoms with van der Waals surface area (Å²) in [5.74, 6) is 0. The Morgan fingerprint density at radius 3 is 1.75 bits per heavy atom. The first-order valence-electron chi connectivity index (χ1n) is 23.7. The van der Waals surface area contributed by atoms with E-state index in [0.29, 0.717) is 0 Å². The zero-order chi connectivity index (χ0) is 45.0. The first-order chi connectivity index (χ1) is 33.7. The maximum Gasteiger partial charge on any atom is 0.0625 e. The van der Waals surface area contributed by atoms with Crippen LogP contribution in [0.1, 0.15) is 17.5 Å². The molecule has 0 aliphatic heterocycles. The van der Waals surface area contributed by atoms with Crippen molar-refractivity contribution in [3.63, 3.8) is 0 Å². The summed E-state index contributed by atoms with van der Waals surface area (Å²) in [6.45, 7) is 0. The fraction of sp³-hybridized carbons (Fsp3) is 0.0303. The lowest BCUT2D eigenvalue weighted by Gasteiger charge is -2.26. The van der Waals surface area contributed by atoms with Crippen LogP contribution in [-0.4, -0.2) is 4.57 Å². The van der Waals surface area contributed by atoms with E-state index in [-0.39, 0.29) is 0 Å². The third kappa shape index (κ3) is 6.81. The predicted molar refractivity (Wildman–Crippen MR) is 290 cm³/mol. The van der Waals surface area contributed by atoms with Crippen LogP contribution in [-0.2, 0) is 6.42 Å². The number of aromatic nitrogens is 1. The number of anilines is 3. The van der Waals surface area contributed by atoms with Crippen LogP contribution in [0.5, 0.6) is 0 Å². The average Bonchev–Trinajstić information content (AvgIpc) is 3.77. The molecule has 0 radical (unpaired) electrons. The van der Waals surface area contributed by atoms with E-state index in [1.165, 1.54) is 99.0 Å². The van der Waals surface area contributed by atoms with Gasteiger partial charge in [0, 0.05) is 38.9 Å². The fourth-order valence-electron chi connectivity index (χ4n) is 10.8. The summed E-state index contributed by atoms with van der Waals surface area (Å²) < 4.78 is 2.45. The van der Waals surface area contributed by atoms with Crippen molar-refractivity contribution in [1.82, 2.24) is 4.57 Å². The summed E-state index contributed by atoms with van der Waals surface area (Å²) in [4.78, 5) is 2.40. The molecule has 0 saturated heterocycles. The molecule has 320 valence electrons. The van der Waals surface area contributed by atoms with E-state index in [9.17, 15) is 0 Å². The topological polar surface area (TPSA) is 8.17 Å². The van der Waals surface area contributed by atoms with Crippen LogP contribution in [0.25, 0.3) is 99.6 Å². The number of nitrogens with zero attached hydrogens (tertiary/aromatic N) is 2. The van der Waals surface area contributed by atoms with Crippen molar-refractivity contribution in [3.05, 3.63) is 260 Å². The summed E-state index contributed by atoms with van der Waals surface area (Å²) in [7, 11) is 0. The molecule has 0 bridgehead atoms. The number of allylic oxidation sites excluding steroid dienone is 1. The smallest absolute Gasteiger partial charge is 0.0625 e. The highest BCUT2D eigenvalue weighted by Gasteiger charge is 2.21. The van der Waals surface area contributed by atoms with Crippen LogP contribution in [0, 0.1) is 0 Å². The van der Waals surface area contributed by atoms with Crippen molar-refractivity contribution < 1.29 is 0 Å². The van der Waals surface area contributed by atoms with Gasteiger partial charge in [-0.3, -0.25) is 0 Å². The van der Waals surface area contributed by atoms with Gasteiger partial charge in [0.25, 0.3) is 0 Å². The standard InChI is InChI=1S/C66H46N2/c1-2-21-53(22-3-1)68-64-30-11-10-27-62(64)65-63(44-52-17-6-9-26-61(52)66(65)68)51-20-12-23-56(43-51)67(55-41-37-50(38-42-55)60-29-14-19-48-16-5-8-25-58(48)60)54-39-35-46(36-40-54)45-31-33-49(34-32-45)59-28-13-18-47-15-4-7-24-57(47)59/h1-3,5-14,16-44H,4,15H2. The Balaban J connectivity index is 0.942. The largest absolute Gasteiger partial charge is 0.310 e. The molecule has 11 aromatic carbocycles. The monoisotopic (exact) mass is 866 g/mol. The Hall–Kier alpha value is -8.72. The van der Waals surface area contributed by atoms with Gasteiger partial charge in [0.15, 0.2) is 0 Å². The molecular formula is C66H46N2. The summed E-state index contributed by atoms with van der Waals surface area (Å²) in [6.07, 6.45) is 6.81. The SMILES string of the molecule is C1=Cc2c(cccc2-c2ccc(-c3ccc(N(c4ccc(-c5cccc6ccccc56)cc4)c4cccc(-c5cc6ccccc6c6c5c5ccccc5n6-c5ccccc5)c4)cc3)cc2)CC1. The first-order valence-corrected chi connectivity index (χ1v) is 23.7. The van der Waals surface area contributed by atoms with E-state index in [1.807, 2.05) is 0 Å². The van der Waals surface area contributed by atoms with Crippen molar-refractivity contribution in [2.24, 2.45) is 0 Å². The van der Waals surface area contributed by atoms with Crippen LogP contribution in [0.3, 0.4) is 0 Å². The highest BCUT2D eigenvalue weighted by atomic mass is 15.1.